The van der Waals surface area contributed by atoms with Crippen LogP contribution in [0.5, 0.6) is 11.5 Å². The maximum absolute atomic E-state index is 5.70. The second-order valence-electron chi connectivity index (χ2n) is 4.58. The number of aryl methyl sites for hydroxylation is 1. The molecule has 1 aromatic carbocycles. The third-order valence-corrected chi connectivity index (χ3v) is 4.25. The lowest BCUT2D eigenvalue weighted by atomic mass is 10.0. The molecule has 1 aromatic rings. The number of rotatable bonds is 4. The van der Waals surface area contributed by atoms with Gasteiger partial charge in [0, 0.05) is 4.83 Å². The van der Waals surface area contributed by atoms with E-state index >= 15 is 0 Å². The molecule has 2 rings (SSSR count). The van der Waals surface area contributed by atoms with Crippen molar-refractivity contribution in [1.29, 1.82) is 0 Å². The number of hydrogen-bond donors (Lipinski definition) is 0. The SMILES string of the molecule is CCOc1cc2c(cc1OCC)C(Br)CCCC2. The lowest BCUT2D eigenvalue weighted by Gasteiger charge is -2.17. The van der Waals surface area contributed by atoms with Crippen LogP contribution in [0.15, 0.2) is 12.1 Å². The summed E-state index contributed by atoms with van der Waals surface area (Å²) in [6, 6.07) is 4.33. The van der Waals surface area contributed by atoms with Gasteiger partial charge in [0.15, 0.2) is 11.5 Å². The van der Waals surface area contributed by atoms with Crippen molar-refractivity contribution in [3.8, 4) is 11.5 Å². The molecule has 0 heterocycles. The quantitative estimate of drug-likeness (QED) is 0.595. The Hall–Kier alpha value is -0.700. The molecule has 18 heavy (non-hydrogen) atoms. The molecular formula is C15H21BrO2. The van der Waals surface area contributed by atoms with E-state index in [9.17, 15) is 0 Å². The van der Waals surface area contributed by atoms with Crippen molar-refractivity contribution in [2.24, 2.45) is 0 Å². The molecule has 0 saturated heterocycles. The summed E-state index contributed by atoms with van der Waals surface area (Å²) in [6.45, 7) is 5.37. The molecule has 0 amide bonds. The zero-order valence-electron chi connectivity index (χ0n) is 11.2. The standard InChI is InChI=1S/C15H21BrO2/c1-3-17-14-9-11-7-5-6-8-13(16)12(11)10-15(14)18-4-2/h9-10,13H,3-8H2,1-2H3. The van der Waals surface area contributed by atoms with Gasteiger partial charge >= 0.3 is 0 Å². The van der Waals surface area contributed by atoms with Gasteiger partial charge in [-0.2, -0.15) is 0 Å². The van der Waals surface area contributed by atoms with E-state index in [1.54, 1.807) is 0 Å². The fraction of sp³-hybridized carbons (Fsp3) is 0.600. The molecular weight excluding hydrogens is 292 g/mol. The molecule has 0 saturated carbocycles. The van der Waals surface area contributed by atoms with Crippen LogP contribution in [0.2, 0.25) is 0 Å². The maximum Gasteiger partial charge on any atom is 0.161 e. The van der Waals surface area contributed by atoms with Crippen molar-refractivity contribution in [3.05, 3.63) is 23.3 Å². The molecule has 0 aliphatic heterocycles. The summed E-state index contributed by atoms with van der Waals surface area (Å²) in [5.41, 5.74) is 2.78. The Labute approximate surface area is 118 Å². The Balaban J connectivity index is 2.40. The molecule has 0 bridgehead atoms. The van der Waals surface area contributed by atoms with Crippen molar-refractivity contribution in [3.63, 3.8) is 0 Å². The van der Waals surface area contributed by atoms with Crippen LogP contribution in [0.3, 0.4) is 0 Å². The van der Waals surface area contributed by atoms with Gasteiger partial charge in [0.2, 0.25) is 0 Å². The summed E-state index contributed by atoms with van der Waals surface area (Å²) in [7, 11) is 0. The highest BCUT2D eigenvalue weighted by molar-refractivity contribution is 9.09. The molecule has 0 fully saturated rings. The first-order valence-corrected chi connectivity index (χ1v) is 7.74. The summed E-state index contributed by atoms with van der Waals surface area (Å²) in [5, 5.41) is 0. The Morgan fingerprint density at radius 1 is 1.11 bits per heavy atom. The minimum atomic E-state index is 0.449. The van der Waals surface area contributed by atoms with Crippen LogP contribution in [0, 0.1) is 0 Å². The minimum absolute atomic E-state index is 0.449. The topological polar surface area (TPSA) is 18.5 Å². The minimum Gasteiger partial charge on any atom is -0.490 e. The van der Waals surface area contributed by atoms with Crippen molar-refractivity contribution >= 4 is 15.9 Å². The molecule has 1 aliphatic rings. The zero-order chi connectivity index (χ0) is 13.0. The van der Waals surface area contributed by atoms with Crippen LogP contribution in [0.1, 0.15) is 49.1 Å². The molecule has 1 atom stereocenters. The summed E-state index contributed by atoms with van der Waals surface area (Å²) < 4.78 is 11.4. The van der Waals surface area contributed by atoms with Crippen LogP contribution in [-0.4, -0.2) is 13.2 Å². The van der Waals surface area contributed by atoms with E-state index in [2.05, 4.69) is 28.1 Å². The number of fused-ring (bicyclic) bond motifs is 1. The third kappa shape index (κ3) is 3.00. The molecule has 2 nitrogen and oxygen atoms in total. The lowest BCUT2D eigenvalue weighted by Crippen LogP contribution is -2.02. The van der Waals surface area contributed by atoms with E-state index in [1.807, 2.05) is 13.8 Å². The molecule has 0 N–H and O–H groups in total. The van der Waals surface area contributed by atoms with E-state index in [1.165, 1.54) is 30.4 Å². The second-order valence-corrected chi connectivity index (χ2v) is 5.68. The highest BCUT2D eigenvalue weighted by Crippen LogP contribution is 2.40. The maximum atomic E-state index is 5.70. The predicted octanol–water partition coefficient (Wildman–Crippen LogP) is 4.65. The second kappa shape index (κ2) is 6.46. The zero-order valence-corrected chi connectivity index (χ0v) is 12.8. The van der Waals surface area contributed by atoms with Crippen molar-refractivity contribution in [2.75, 3.05) is 13.2 Å². The predicted molar refractivity (Wildman–Crippen MR) is 78.0 cm³/mol. The van der Waals surface area contributed by atoms with Gasteiger partial charge in [-0.25, -0.2) is 0 Å². The largest absolute Gasteiger partial charge is 0.490 e. The van der Waals surface area contributed by atoms with Gasteiger partial charge in [0.05, 0.1) is 13.2 Å². The van der Waals surface area contributed by atoms with Gasteiger partial charge in [-0.3, -0.25) is 0 Å². The van der Waals surface area contributed by atoms with Gasteiger partial charge in [-0.1, -0.05) is 22.4 Å². The van der Waals surface area contributed by atoms with Crippen LogP contribution in [-0.2, 0) is 6.42 Å². The summed E-state index contributed by atoms with van der Waals surface area (Å²) in [6.07, 6.45) is 4.88. The number of halogens is 1. The first-order valence-electron chi connectivity index (χ1n) is 6.82. The first-order chi connectivity index (χ1) is 8.76. The van der Waals surface area contributed by atoms with Crippen molar-refractivity contribution in [2.45, 2.75) is 44.4 Å². The van der Waals surface area contributed by atoms with E-state index in [4.69, 9.17) is 9.47 Å². The molecule has 1 aliphatic carbocycles. The number of ether oxygens (including phenoxy) is 2. The number of alkyl halides is 1. The summed E-state index contributed by atoms with van der Waals surface area (Å²) in [5.74, 6) is 1.77. The normalized spacial score (nSPS) is 18.9. The third-order valence-electron chi connectivity index (χ3n) is 3.30. The van der Waals surface area contributed by atoms with Gasteiger partial charge in [-0.05, 0) is 56.4 Å². The Morgan fingerprint density at radius 3 is 2.44 bits per heavy atom. The fourth-order valence-corrected chi connectivity index (χ4v) is 3.21. The molecule has 3 heteroatoms. The van der Waals surface area contributed by atoms with Crippen LogP contribution < -0.4 is 9.47 Å². The molecule has 1 unspecified atom stereocenters. The highest BCUT2D eigenvalue weighted by Gasteiger charge is 2.19. The number of hydrogen-bond acceptors (Lipinski definition) is 2. The van der Waals surface area contributed by atoms with E-state index < -0.39 is 0 Å². The lowest BCUT2D eigenvalue weighted by molar-refractivity contribution is 0.287. The summed E-state index contributed by atoms with van der Waals surface area (Å²) >= 11 is 3.79. The molecule has 0 aromatic heterocycles. The average molecular weight is 313 g/mol. The molecule has 0 spiro atoms. The van der Waals surface area contributed by atoms with Crippen LogP contribution >= 0.6 is 15.9 Å². The van der Waals surface area contributed by atoms with Gasteiger partial charge in [0.25, 0.3) is 0 Å². The van der Waals surface area contributed by atoms with E-state index in [0.717, 1.165) is 17.9 Å². The van der Waals surface area contributed by atoms with E-state index in [-0.39, 0.29) is 0 Å². The van der Waals surface area contributed by atoms with Gasteiger partial charge < -0.3 is 9.47 Å². The van der Waals surface area contributed by atoms with Crippen LogP contribution in [0.4, 0.5) is 0 Å². The molecule has 0 radical (unpaired) electrons. The van der Waals surface area contributed by atoms with Crippen molar-refractivity contribution < 1.29 is 9.47 Å². The van der Waals surface area contributed by atoms with Gasteiger partial charge in [0.1, 0.15) is 0 Å². The molecule has 100 valence electrons. The highest BCUT2D eigenvalue weighted by atomic mass is 79.9. The average Bonchev–Trinajstić information content (AvgIpc) is 2.53. The number of benzene rings is 1. The van der Waals surface area contributed by atoms with Gasteiger partial charge in [-0.15, -0.1) is 0 Å². The first kappa shape index (κ1) is 13.7. The fourth-order valence-electron chi connectivity index (χ4n) is 2.46. The Bertz CT molecular complexity index is 404. The smallest absolute Gasteiger partial charge is 0.161 e. The van der Waals surface area contributed by atoms with Crippen molar-refractivity contribution in [1.82, 2.24) is 0 Å². The van der Waals surface area contributed by atoms with Crippen LogP contribution in [0.25, 0.3) is 0 Å². The van der Waals surface area contributed by atoms with E-state index in [0.29, 0.717) is 18.0 Å². The summed E-state index contributed by atoms with van der Waals surface area (Å²) in [4.78, 5) is 0.449. The Morgan fingerprint density at radius 2 is 1.78 bits per heavy atom. The monoisotopic (exact) mass is 312 g/mol. The Kier molecular flexibility index (Phi) is 4.93.